The number of aliphatic hydroxyl groups is 3. The highest BCUT2D eigenvalue weighted by atomic mass is 16.5. The molecular weight excluding hydrogens is 546 g/mol. The number of hydrogen-bond acceptors (Lipinski definition) is 10. The minimum Gasteiger partial charge on any atom is -0.508 e. The van der Waals surface area contributed by atoms with E-state index < -0.39 is 58.4 Å². The molecule has 222 valence electrons. The van der Waals surface area contributed by atoms with Crippen molar-refractivity contribution >= 4 is 29.3 Å². The van der Waals surface area contributed by atoms with Crippen LogP contribution in [0.5, 0.6) is 0 Å². The van der Waals surface area contributed by atoms with E-state index in [4.69, 9.17) is 14.9 Å². The van der Waals surface area contributed by atoms with Gasteiger partial charge in [0.15, 0.2) is 11.4 Å². The molecule has 0 bridgehead atoms. The molecular formula is C30H33N3O9. The average molecular weight is 580 g/mol. The minimum absolute atomic E-state index is 0.0369. The summed E-state index contributed by atoms with van der Waals surface area (Å²) < 4.78 is 10.7. The van der Waals surface area contributed by atoms with E-state index in [1.807, 2.05) is 6.07 Å². The van der Waals surface area contributed by atoms with Gasteiger partial charge in [-0.15, -0.1) is 0 Å². The van der Waals surface area contributed by atoms with Crippen molar-refractivity contribution in [1.82, 2.24) is 9.80 Å². The van der Waals surface area contributed by atoms with E-state index in [1.54, 1.807) is 40.2 Å². The minimum atomic E-state index is -2.64. The van der Waals surface area contributed by atoms with Gasteiger partial charge >= 0.3 is 6.09 Å². The lowest BCUT2D eigenvalue weighted by atomic mass is 9.57. The predicted octanol–water partition coefficient (Wildman–Crippen LogP) is 2.03. The summed E-state index contributed by atoms with van der Waals surface area (Å²) in [4.78, 5) is 54.4. The highest BCUT2D eigenvalue weighted by Gasteiger charge is 2.64. The average Bonchev–Trinajstić information content (AvgIpc) is 3.37. The van der Waals surface area contributed by atoms with Crippen molar-refractivity contribution in [3.8, 4) is 11.3 Å². The summed E-state index contributed by atoms with van der Waals surface area (Å²) in [5.41, 5.74) is 4.91. The first-order valence-corrected chi connectivity index (χ1v) is 13.4. The fraction of sp³-hybridized carbons (Fsp3) is 0.400. The Labute approximate surface area is 241 Å². The zero-order valence-corrected chi connectivity index (χ0v) is 23.9. The summed E-state index contributed by atoms with van der Waals surface area (Å²) in [6.07, 6.45) is 1.26. The van der Waals surface area contributed by atoms with Crippen LogP contribution in [0.25, 0.3) is 17.1 Å². The largest absolute Gasteiger partial charge is 0.508 e. The van der Waals surface area contributed by atoms with Crippen LogP contribution in [0.15, 0.2) is 45.8 Å². The Morgan fingerprint density at radius 1 is 1.17 bits per heavy atom. The number of primary amides is 1. The van der Waals surface area contributed by atoms with Crippen LogP contribution >= 0.6 is 0 Å². The standard InChI is InChI=1S/C30H33N3O9/c1-13-6-7-16(25-14(8-9-42-25)12-33(4)29(39)41-5)17-10-15-11-18-22(32(2)3)24(35)21(28(31)38)27(37)30(18,40)26(36)20(15)23(34)19(13)17/h6-9,15,18,22,34,37,40H,10-12H2,1-5H3,(H2,31,38)/t15-,18-,22-,30-/m0/s1. The number of carbonyl (C=O) groups is 4. The van der Waals surface area contributed by atoms with Gasteiger partial charge in [-0.05, 0) is 57.0 Å². The summed E-state index contributed by atoms with van der Waals surface area (Å²) in [5.74, 6) is -5.75. The Hall–Kier alpha value is -4.42. The quantitative estimate of drug-likeness (QED) is 0.382. The number of furan rings is 1. The van der Waals surface area contributed by atoms with Gasteiger partial charge in [-0.1, -0.05) is 12.1 Å². The summed E-state index contributed by atoms with van der Waals surface area (Å²) in [7, 11) is 6.01. The molecule has 12 heteroatoms. The van der Waals surface area contributed by atoms with Gasteiger partial charge in [-0.3, -0.25) is 19.3 Å². The summed E-state index contributed by atoms with van der Waals surface area (Å²) in [6.45, 7) is 1.95. The molecule has 2 aromatic rings. The first kappa shape index (κ1) is 29.1. The summed E-state index contributed by atoms with van der Waals surface area (Å²) in [5, 5.41) is 34.4. The number of nitrogens with two attached hydrogens (primary N) is 1. The smallest absolute Gasteiger partial charge is 0.409 e. The Balaban J connectivity index is 1.67. The van der Waals surface area contributed by atoms with Crippen molar-refractivity contribution in [1.29, 1.82) is 0 Å². The number of ketones is 2. The summed E-state index contributed by atoms with van der Waals surface area (Å²) >= 11 is 0. The van der Waals surface area contributed by atoms with E-state index in [2.05, 4.69) is 0 Å². The number of hydrogen-bond donors (Lipinski definition) is 4. The third-order valence-electron chi connectivity index (χ3n) is 8.72. The third kappa shape index (κ3) is 4.04. The molecule has 1 saturated carbocycles. The van der Waals surface area contributed by atoms with Gasteiger partial charge in [-0.25, -0.2) is 4.79 Å². The Morgan fingerprint density at radius 3 is 2.48 bits per heavy atom. The van der Waals surface area contributed by atoms with Crippen LogP contribution in [0.2, 0.25) is 0 Å². The van der Waals surface area contributed by atoms with Gasteiger partial charge in [0.05, 0.1) is 26.0 Å². The first-order valence-electron chi connectivity index (χ1n) is 13.4. The Bertz CT molecular complexity index is 1600. The number of benzene rings is 1. The van der Waals surface area contributed by atoms with E-state index in [0.717, 1.165) is 0 Å². The number of carbonyl (C=O) groups excluding carboxylic acids is 4. The van der Waals surface area contributed by atoms with E-state index in [9.17, 15) is 34.5 Å². The number of ether oxygens (including phenoxy) is 1. The van der Waals surface area contributed by atoms with Gasteiger partial charge in [-0.2, -0.15) is 0 Å². The lowest BCUT2D eigenvalue weighted by Crippen LogP contribution is -2.65. The fourth-order valence-corrected chi connectivity index (χ4v) is 6.82. The molecule has 0 aliphatic heterocycles. The highest BCUT2D eigenvalue weighted by Crippen LogP contribution is 2.53. The highest BCUT2D eigenvalue weighted by molar-refractivity contribution is 6.24. The topological polar surface area (TPSA) is 184 Å². The second kappa shape index (κ2) is 10.1. The molecule has 1 heterocycles. The van der Waals surface area contributed by atoms with Crippen molar-refractivity contribution in [3.63, 3.8) is 0 Å². The molecule has 3 aliphatic carbocycles. The van der Waals surface area contributed by atoms with Crippen molar-refractivity contribution in [2.24, 2.45) is 17.6 Å². The summed E-state index contributed by atoms with van der Waals surface area (Å²) in [6, 6.07) is 4.20. The fourth-order valence-electron chi connectivity index (χ4n) is 6.82. The number of Topliss-reactive ketones (excluding diaryl/α,β-unsaturated/α-hetero) is 2. The molecule has 0 unspecified atom stereocenters. The van der Waals surface area contributed by atoms with Crippen LogP contribution in [0, 0.1) is 18.8 Å². The van der Waals surface area contributed by atoms with Crippen LogP contribution in [0.3, 0.4) is 0 Å². The van der Waals surface area contributed by atoms with Crippen LogP contribution in [-0.4, -0.2) is 88.6 Å². The molecule has 5 N–H and O–H groups in total. The zero-order valence-electron chi connectivity index (χ0n) is 23.9. The molecule has 12 nitrogen and oxygen atoms in total. The lowest BCUT2D eigenvalue weighted by molar-refractivity contribution is -0.153. The number of rotatable bonds is 5. The van der Waals surface area contributed by atoms with Crippen molar-refractivity contribution in [3.05, 3.63) is 63.6 Å². The molecule has 1 aromatic heterocycles. The third-order valence-corrected chi connectivity index (χ3v) is 8.72. The Morgan fingerprint density at radius 2 is 1.86 bits per heavy atom. The number of amides is 2. The van der Waals surface area contributed by atoms with Crippen LogP contribution in [0.1, 0.15) is 28.7 Å². The second-order valence-electron chi connectivity index (χ2n) is 11.3. The molecule has 3 aliphatic rings. The number of fused-ring (bicyclic) bond motifs is 3. The normalized spacial score (nSPS) is 25.3. The lowest BCUT2D eigenvalue weighted by Gasteiger charge is -2.50. The number of nitrogens with zero attached hydrogens (tertiary/aromatic N) is 2. The van der Waals surface area contributed by atoms with E-state index in [-0.39, 0.29) is 30.7 Å². The van der Waals surface area contributed by atoms with Crippen molar-refractivity contribution in [2.75, 3.05) is 28.3 Å². The van der Waals surface area contributed by atoms with E-state index in [0.29, 0.717) is 33.6 Å². The molecule has 0 saturated heterocycles. The van der Waals surface area contributed by atoms with E-state index in [1.165, 1.54) is 23.2 Å². The molecule has 1 aromatic carbocycles. The van der Waals surface area contributed by atoms with Gasteiger partial charge < -0.3 is 35.1 Å². The van der Waals surface area contributed by atoms with Gasteiger partial charge in [0, 0.05) is 35.2 Å². The van der Waals surface area contributed by atoms with Crippen molar-refractivity contribution < 1.29 is 43.7 Å². The first-order chi connectivity index (χ1) is 19.7. The van der Waals surface area contributed by atoms with Gasteiger partial charge in [0.25, 0.3) is 5.91 Å². The predicted molar refractivity (Wildman–Crippen MR) is 149 cm³/mol. The maximum atomic E-state index is 14.1. The van der Waals surface area contributed by atoms with Crippen LogP contribution < -0.4 is 5.73 Å². The van der Waals surface area contributed by atoms with Gasteiger partial charge in [0.1, 0.15) is 22.9 Å². The monoisotopic (exact) mass is 579 g/mol. The number of aryl methyl sites for hydroxylation is 1. The molecule has 1 fully saturated rings. The SMILES string of the molecule is COC(=O)N(C)Cc1ccoc1-c1ccc(C)c2c1C[C@H]1C[C@H]3[C@H](N(C)C)C(=O)C(C(N)=O)=C(O)[C@@]3(O)C(=O)C1=C2O. The number of methoxy groups -OCH3 is 1. The zero-order chi connectivity index (χ0) is 30.8. The molecule has 0 radical (unpaired) electrons. The van der Waals surface area contributed by atoms with Crippen LogP contribution in [0.4, 0.5) is 4.79 Å². The maximum Gasteiger partial charge on any atom is 0.409 e. The van der Waals surface area contributed by atoms with Crippen molar-refractivity contribution in [2.45, 2.75) is 38.0 Å². The molecule has 2 amide bonds. The van der Waals surface area contributed by atoms with Crippen LogP contribution in [-0.2, 0) is 32.1 Å². The molecule has 5 rings (SSSR count). The molecule has 4 atom stereocenters. The second-order valence-corrected chi connectivity index (χ2v) is 11.3. The van der Waals surface area contributed by atoms with Gasteiger partial charge in [0.2, 0.25) is 5.78 Å². The number of likely N-dealkylation sites (N-methyl/N-ethyl adjacent to an activating group) is 1. The van der Waals surface area contributed by atoms with E-state index >= 15 is 0 Å². The Kier molecular flexibility index (Phi) is 7.02. The number of aliphatic hydroxyl groups excluding tert-OH is 2. The molecule has 0 spiro atoms. The maximum absolute atomic E-state index is 14.1. The molecule has 42 heavy (non-hydrogen) atoms.